The molecule has 7 nitrogen and oxygen atoms in total. The van der Waals surface area contributed by atoms with Gasteiger partial charge in [0.05, 0.1) is 17.3 Å². The molecule has 1 saturated heterocycles. The molecular weight excluding hydrogens is 440 g/mol. The van der Waals surface area contributed by atoms with Gasteiger partial charge in [-0.1, -0.05) is 12.1 Å². The van der Waals surface area contributed by atoms with Crippen LogP contribution in [0.25, 0.3) is 27.7 Å². The monoisotopic (exact) mass is 456 g/mol. The average molecular weight is 456 g/mol. The number of pyridine rings is 1. The number of hydrogen-bond donors (Lipinski definition) is 1. The number of β-amino-alcohol motifs (C(OH)–C–C–N with tert-alkyl or cyclic N) is 1. The largest absolute Gasteiger partial charge is 0.389 e. The second-order valence-electron chi connectivity index (χ2n) is 7.80. The fraction of sp³-hybridized carbons (Fsp3) is 0.273. The van der Waals surface area contributed by atoms with Crippen LogP contribution >= 0.6 is 0 Å². The molecule has 0 unspecified atom stereocenters. The van der Waals surface area contributed by atoms with Crippen molar-refractivity contribution in [3.05, 3.63) is 53.0 Å². The normalized spacial score (nSPS) is 14.5. The molecule has 4 aromatic rings. The Bertz CT molecular complexity index is 1440. The van der Waals surface area contributed by atoms with E-state index in [2.05, 4.69) is 15.1 Å². The van der Waals surface area contributed by atoms with Crippen molar-refractivity contribution in [3.63, 3.8) is 0 Å². The van der Waals surface area contributed by atoms with Crippen molar-refractivity contribution in [2.75, 3.05) is 18.0 Å². The van der Waals surface area contributed by atoms with Gasteiger partial charge in [-0.05, 0) is 24.6 Å². The second-order valence-corrected chi connectivity index (χ2v) is 7.80. The zero-order chi connectivity index (χ0) is 23.4. The van der Waals surface area contributed by atoms with Crippen LogP contribution in [-0.4, -0.2) is 43.9 Å². The number of anilines is 1. The summed E-state index contributed by atoms with van der Waals surface area (Å²) in [6.07, 6.45) is -4.77. The lowest BCUT2D eigenvalue weighted by atomic mass is 9.97. The number of hydrogen-bond acceptors (Lipinski definition) is 6. The number of rotatable bonds is 4. The Morgan fingerprint density at radius 2 is 1.91 bits per heavy atom. The number of benzene rings is 1. The standard InChI is InChI=1S/C22H16F4N6O/c1-10-17(14-4-5-28-16-6-11(19(23)24)2-3-13(14)16)22(31-8-12(33)9-31)32-21(29-10)15(7-27)18(30-32)20(25)26/h2-6,12,19-20,33H,8-9H2,1H3. The Labute approximate surface area is 184 Å². The van der Waals surface area contributed by atoms with Gasteiger partial charge in [-0.15, -0.1) is 0 Å². The van der Waals surface area contributed by atoms with Crippen molar-refractivity contribution in [1.29, 1.82) is 5.26 Å². The van der Waals surface area contributed by atoms with Gasteiger partial charge in [-0.2, -0.15) is 14.9 Å². The Hall–Kier alpha value is -3.78. The summed E-state index contributed by atoms with van der Waals surface area (Å²) in [5.41, 5.74) is 0.719. The Balaban J connectivity index is 1.85. The van der Waals surface area contributed by atoms with Gasteiger partial charge in [-0.3, -0.25) is 4.98 Å². The van der Waals surface area contributed by atoms with E-state index in [-0.39, 0.29) is 29.9 Å². The molecule has 0 atom stereocenters. The number of aromatic nitrogens is 4. The molecule has 1 aliphatic heterocycles. The molecule has 168 valence electrons. The molecular formula is C22H16F4N6O. The number of aryl methyl sites for hydroxylation is 1. The first-order valence-electron chi connectivity index (χ1n) is 10.0. The first-order valence-corrected chi connectivity index (χ1v) is 10.0. The van der Waals surface area contributed by atoms with Crippen molar-refractivity contribution < 1.29 is 22.7 Å². The van der Waals surface area contributed by atoms with E-state index < -0.39 is 24.6 Å². The third kappa shape index (κ3) is 3.25. The third-order valence-corrected chi connectivity index (χ3v) is 5.72. The summed E-state index contributed by atoms with van der Waals surface area (Å²) in [6, 6.07) is 7.59. The summed E-state index contributed by atoms with van der Waals surface area (Å²) in [5.74, 6) is 0.386. The predicted octanol–water partition coefficient (Wildman–Crippen LogP) is 4.18. The molecule has 0 bridgehead atoms. The quantitative estimate of drug-likeness (QED) is 0.464. The maximum Gasteiger partial charge on any atom is 0.283 e. The number of fused-ring (bicyclic) bond motifs is 2. The summed E-state index contributed by atoms with van der Waals surface area (Å²) in [6.45, 7) is 2.14. The molecule has 0 spiro atoms. The molecule has 33 heavy (non-hydrogen) atoms. The minimum Gasteiger partial charge on any atom is -0.389 e. The van der Waals surface area contributed by atoms with E-state index in [1.807, 2.05) is 0 Å². The Morgan fingerprint density at radius 3 is 2.55 bits per heavy atom. The Kier molecular flexibility index (Phi) is 4.90. The number of nitriles is 1. The SMILES string of the molecule is Cc1nc2c(C#N)c(C(F)F)nn2c(N2CC(O)C2)c1-c1ccnc2cc(C(F)F)ccc12. The smallest absolute Gasteiger partial charge is 0.283 e. The number of alkyl halides is 4. The number of halogens is 4. The van der Waals surface area contributed by atoms with E-state index in [1.165, 1.54) is 28.9 Å². The maximum atomic E-state index is 13.6. The fourth-order valence-electron chi connectivity index (χ4n) is 4.17. The Morgan fingerprint density at radius 1 is 1.15 bits per heavy atom. The van der Waals surface area contributed by atoms with E-state index >= 15 is 0 Å². The van der Waals surface area contributed by atoms with Gasteiger partial charge in [0.25, 0.3) is 12.9 Å². The molecule has 11 heteroatoms. The molecule has 1 aliphatic rings. The molecule has 0 amide bonds. The fourth-order valence-corrected chi connectivity index (χ4v) is 4.17. The van der Waals surface area contributed by atoms with Crippen molar-refractivity contribution in [2.45, 2.75) is 25.9 Å². The zero-order valence-corrected chi connectivity index (χ0v) is 17.2. The molecule has 5 rings (SSSR count). The molecule has 1 fully saturated rings. The first-order chi connectivity index (χ1) is 15.8. The minimum absolute atomic E-state index is 0.0104. The molecule has 4 heterocycles. The lowest BCUT2D eigenvalue weighted by molar-refractivity contribution is 0.140. The van der Waals surface area contributed by atoms with Crippen LogP contribution in [-0.2, 0) is 0 Å². The lowest BCUT2D eigenvalue weighted by Gasteiger charge is -2.39. The van der Waals surface area contributed by atoms with Gasteiger partial charge in [0.2, 0.25) is 0 Å². The average Bonchev–Trinajstić information content (AvgIpc) is 3.14. The summed E-state index contributed by atoms with van der Waals surface area (Å²) >= 11 is 0. The van der Waals surface area contributed by atoms with E-state index in [9.17, 15) is 27.9 Å². The van der Waals surface area contributed by atoms with Crippen LogP contribution in [0.5, 0.6) is 0 Å². The highest BCUT2D eigenvalue weighted by Crippen LogP contribution is 2.40. The third-order valence-electron chi connectivity index (χ3n) is 5.72. The zero-order valence-electron chi connectivity index (χ0n) is 17.2. The van der Waals surface area contributed by atoms with Gasteiger partial charge in [0.1, 0.15) is 23.1 Å². The summed E-state index contributed by atoms with van der Waals surface area (Å²) in [7, 11) is 0. The van der Waals surface area contributed by atoms with Crippen LogP contribution in [0.15, 0.2) is 30.5 Å². The second kappa shape index (κ2) is 7.67. The highest BCUT2D eigenvalue weighted by atomic mass is 19.3. The topological polar surface area (TPSA) is 90.3 Å². The van der Waals surface area contributed by atoms with Crippen LogP contribution in [0.3, 0.4) is 0 Å². The van der Waals surface area contributed by atoms with Crippen LogP contribution in [0, 0.1) is 18.3 Å². The molecule has 1 aromatic carbocycles. The number of aliphatic hydroxyl groups is 1. The van der Waals surface area contributed by atoms with Crippen molar-refractivity contribution >= 4 is 22.4 Å². The molecule has 0 radical (unpaired) electrons. The molecule has 3 aromatic heterocycles. The van der Waals surface area contributed by atoms with Gasteiger partial charge in [-0.25, -0.2) is 22.5 Å². The van der Waals surface area contributed by atoms with E-state index in [0.717, 1.165) is 0 Å². The summed E-state index contributed by atoms with van der Waals surface area (Å²) in [4.78, 5) is 10.4. The molecule has 0 saturated carbocycles. The lowest BCUT2D eigenvalue weighted by Crippen LogP contribution is -2.51. The molecule has 0 aliphatic carbocycles. The van der Waals surface area contributed by atoms with E-state index in [1.54, 1.807) is 24.0 Å². The van der Waals surface area contributed by atoms with E-state index in [0.29, 0.717) is 33.5 Å². The van der Waals surface area contributed by atoms with Crippen molar-refractivity contribution in [2.24, 2.45) is 0 Å². The van der Waals surface area contributed by atoms with Crippen molar-refractivity contribution in [1.82, 2.24) is 19.6 Å². The van der Waals surface area contributed by atoms with Crippen molar-refractivity contribution in [3.8, 4) is 17.2 Å². The molecule has 1 N–H and O–H groups in total. The minimum atomic E-state index is -2.98. The highest BCUT2D eigenvalue weighted by molar-refractivity contribution is 5.98. The van der Waals surface area contributed by atoms with Gasteiger partial charge in [0.15, 0.2) is 5.65 Å². The van der Waals surface area contributed by atoms with Crippen LogP contribution in [0.2, 0.25) is 0 Å². The maximum absolute atomic E-state index is 13.6. The summed E-state index contributed by atoms with van der Waals surface area (Å²) < 4.78 is 54.8. The first kappa shape index (κ1) is 21.1. The van der Waals surface area contributed by atoms with Gasteiger partial charge >= 0.3 is 0 Å². The van der Waals surface area contributed by atoms with Gasteiger partial charge < -0.3 is 10.0 Å². The summed E-state index contributed by atoms with van der Waals surface area (Å²) in [5, 5.41) is 23.9. The predicted molar refractivity (Wildman–Crippen MR) is 111 cm³/mol. The number of aliphatic hydroxyl groups excluding tert-OH is 1. The van der Waals surface area contributed by atoms with E-state index in [4.69, 9.17) is 0 Å². The van der Waals surface area contributed by atoms with Crippen LogP contribution in [0.4, 0.5) is 23.4 Å². The highest BCUT2D eigenvalue weighted by Gasteiger charge is 2.33. The van der Waals surface area contributed by atoms with Crippen LogP contribution in [0.1, 0.15) is 35.4 Å². The number of nitrogens with zero attached hydrogens (tertiary/aromatic N) is 6. The van der Waals surface area contributed by atoms with Crippen LogP contribution < -0.4 is 4.90 Å². The van der Waals surface area contributed by atoms with Gasteiger partial charge in [0, 0.05) is 35.8 Å².